The Morgan fingerprint density at radius 2 is 1.76 bits per heavy atom. The number of hydroxylamine groups is 1. The molecule has 33 heavy (non-hydrogen) atoms. The van der Waals surface area contributed by atoms with Crippen LogP contribution in [0.5, 0.6) is 0 Å². The van der Waals surface area contributed by atoms with Crippen molar-refractivity contribution >= 4 is 5.91 Å². The SMILES string of the molecule is CONC(=O)CC[C@@H](C)[C@H]1CC[C@H]2[C@@H]3CC[C@@H]4C[C@H](CC(C)(C)O)CC[C@]4(C)[C@H]3CC[C@]12C. The summed E-state index contributed by atoms with van der Waals surface area (Å²) in [5.74, 6) is 5.63. The summed E-state index contributed by atoms with van der Waals surface area (Å²) < 4.78 is 0. The first-order valence-corrected chi connectivity index (χ1v) is 14.0. The van der Waals surface area contributed by atoms with Gasteiger partial charge >= 0.3 is 0 Å². The summed E-state index contributed by atoms with van der Waals surface area (Å²) in [5.41, 5.74) is 2.94. The largest absolute Gasteiger partial charge is 0.390 e. The fourth-order valence-corrected chi connectivity index (χ4v) is 9.94. The third-order valence-corrected chi connectivity index (χ3v) is 11.4. The Labute approximate surface area is 203 Å². The van der Waals surface area contributed by atoms with Crippen LogP contribution in [0.3, 0.4) is 0 Å². The minimum atomic E-state index is -0.526. The predicted octanol–water partition coefficient (Wildman–Crippen LogP) is 6.52. The van der Waals surface area contributed by atoms with Crippen LogP contribution in [0.25, 0.3) is 0 Å². The third kappa shape index (κ3) is 4.90. The van der Waals surface area contributed by atoms with E-state index in [-0.39, 0.29) is 5.91 Å². The van der Waals surface area contributed by atoms with Crippen LogP contribution in [-0.2, 0) is 9.63 Å². The number of aliphatic hydroxyl groups is 1. The molecule has 2 N–H and O–H groups in total. The van der Waals surface area contributed by atoms with Gasteiger partial charge in [-0.2, -0.15) is 0 Å². The molecule has 0 aromatic heterocycles. The van der Waals surface area contributed by atoms with Gasteiger partial charge < -0.3 is 5.11 Å². The Balaban J connectivity index is 1.42. The van der Waals surface area contributed by atoms with Gasteiger partial charge in [0.05, 0.1) is 12.7 Å². The molecule has 1 amide bonds. The molecule has 4 heteroatoms. The van der Waals surface area contributed by atoms with Gasteiger partial charge in [0, 0.05) is 6.42 Å². The number of hydrogen-bond acceptors (Lipinski definition) is 3. The molecule has 0 aliphatic heterocycles. The maximum absolute atomic E-state index is 11.9. The van der Waals surface area contributed by atoms with Crippen LogP contribution in [0.4, 0.5) is 0 Å². The zero-order valence-electron chi connectivity index (χ0n) is 22.3. The van der Waals surface area contributed by atoms with E-state index in [0.717, 1.165) is 42.4 Å². The lowest BCUT2D eigenvalue weighted by molar-refractivity contribution is -0.132. The summed E-state index contributed by atoms with van der Waals surface area (Å²) >= 11 is 0. The highest BCUT2D eigenvalue weighted by molar-refractivity contribution is 5.74. The highest BCUT2D eigenvalue weighted by atomic mass is 16.6. The first-order valence-electron chi connectivity index (χ1n) is 14.0. The molecule has 4 rings (SSSR count). The van der Waals surface area contributed by atoms with E-state index in [4.69, 9.17) is 4.84 Å². The maximum Gasteiger partial charge on any atom is 0.243 e. The van der Waals surface area contributed by atoms with Crippen molar-refractivity contribution in [3.8, 4) is 0 Å². The molecule has 0 spiro atoms. The Morgan fingerprint density at radius 3 is 2.45 bits per heavy atom. The van der Waals surface area contributed by atoms with E-state index in [1.165, 1.54) is 64.9 Å². The smallest absolute Gasteiger partial charge is 0.243 e. The molecule has 0 bridgehead atoms. The zero-order valence-corrected chi connectivity index (χ0v) is 22.3. The molecule has 0 aromatic carbocycles. The predicted molar refractivity (Wildman–Crippen MR) is 133 cm³/mol. The Morgan fingerprint density at radius 1 is 1.06 bits per heavy atom. The zero-order chi connectivity index (χ0) is 24.0. The number of fused-ring (bicyclic) bond motifs is 5. The van der Waals surface area contributed by atoms with Gasteiger partial charge in [0.25, 0.3) is 0 Å². The van der Waals surface area contributed by atoms with E-state index in [1.54, 1.807) is 0 Å². The molecule has 0 radical (unpaired) electrons. The van der Waals surface area contributed by atoms with Crippen LogP contribution < -0.4 is 5.48 Å². The number of nitrogens with one attached hydrogen (secondary N) is 1. The molecular formula is C29H51NO3. The van der Waals surface area contributed by atoms with E-state index in [0.29, 0.717) is 29.1 Å². The molecule has 0 saturated heterocycles. The van der Waals surface area contributed by atoms with Gasteiger partial charge in [-0.25, -0.2) is 5.48 Å². The van der Waals surface area contributed by atoms with Crippen LogP contribution in [0.1, 0.15) is 112 Å². The van der Waals surface area contributed by atoms with Crippen molar-refractivity contribution in [3.63, 3.8) is 0 Å². The molecule has 4 aliphatic carbocycles. The minimum Gasteiger partial charge on any atom is -0.390 e. The van der Waals surface area contributed by atoms with Crippen LogP contribution in [0.15, 0.2) is 0 Å². The van der Waals surface area contributed by atoms with E-state index in [1.807, 2.05) is 13.8 Å². The first kappa shape index (κ1) is 25.5. The number of carbonyl (C=O) groups is 1. The lowest BCUT2D eigenvalue weighted by Gasteiger charge is -2.61. The highest BCUT2D eigenvalue weighted by Crippen LogP contribution is 2.68. The molecule has 0 heterocycles. The fourth-order valence-electron chi connectivity index (χ4n) is 9.94. The summed E-state index contributed by atoms with van der Waals surface area (Å²) in [6.07, 6.45) is 14.9. The molecule has 0 aromatic rings. The van der Waals surface area contributed by atoms with Crippen LogP contribution in [0.2, 0.25) is 0 Å². The Kier molecular flexibility index (Phi) is 7.30. The van der Waals surface area contributed by atoms with Gasteiger partial charge in [-0.1, -0.05) is 20.8 Å². The van der Waals surface area contributed by atoms with Crippen molar-refractivity contribution in [2.24, 2.45) is 52.3 Å². The van der Waals surface area contributed by atoms with Gasteiger partial charge in [-0.3, -0.25) is 9.63 Å². The van der Waals surface area contributed by atoms with E-state index in [2.05, 4.69) is 26.3 Å². The second kappa shape index (κ2) is 9.45. The van der Waals surface area contributed by atoms with Crippen molar-refractivity contribution in [2.45, 2.75) is 117 Å². The average Bonchev–Trinajstić information content (AvgIpc) is 3.09. The molecule has 9 atom stereocenters. The van der Waals surface area contributed by atoms with Crippen molar-refractivity contribution in [1.29, 1.82) is 0 Å². The third-order valence-electron chi connectivity index (χ3n) is 11.4. The molecular weight excluding hydrogens is 410 g/mol. The molecule has 4 fully saturated rings. The summed E-state index contributed by atoms with van der Waals surface area (Å²) in [4.78, 5) is 16.7. The second-order valence-electron chi connectivity index (χ2n) is 13.8. The molecule has 4 aliphatic rings. The molecule has 190 valence electrons. The summed E-state index contributed by atoms with van der Waals surface area (Å²) in [7, 11) is 1.51. The standard InChI is InChI=1S/C29H51NO3/c1-19(7-12-26(31)30-33-6)23-10-11-24-22-9-8-21-17-20(18-27(2,3)32)13-15-28(21,4)25(22)14-16-29(23,24)5/h19-25,32H,7-18H2,1-6H3,(H,30,31)/t19-,20-,21-,22+,23-,24+,25+,28+,29-/m1/s1. The van der Waals surface area contributed by atoms with Gasteiger partial charge in [-0.15, -0.1) is 0 Å². The molecule has 4 nitrogen and oxygen atoms in total. The monoisotopic (exact) mass is 461 g/mol. The van der Waals surface area contributed by atoms with Gasteiger partial charge in [-0.05, 0) is 137 Å². The summed E-state index contributed by atoms with van der Waals surface area (Å²) in [6, 6.07) is 0. The first-order chi connectivity index (χ1) is 15.5. The van der Waals surface area contributed by atoms with Crippen molar-refractivity contribution in [1.82, 2.24) is 5.48 Å². The quantitative estimate of drug-likeness (QED) is 0.425. The minimum absolute atomic E-state index is 0.0131. The summed E-state index contributed by atoms with van der Waals surface area (Å²) in [6.45, 7) is 11.6. The van der Waals surface area contributed by atoms with Crippen LogP contribution >= 0.6 is 0 Å². The maximum atomic E-state index is 11.9. The average molecular weight is 462 g/mol. The molecule has 0 unspecified atom stereocenters. The van der Waals surface area contributed by atoms with Gasteiger partial charge in [0.15, 0.2) is 0 Å². The van der Waals surface area contributed by atoms with E-state index < -0.39 is 5.60 Å². The van der Waals surface area contributed by atoms with Crippen LogP contribution in [-0.4, -0.2) is 23.7 Å². The lowest BCUT2D eigenvalue weighted by Crippen LogP contribution is -2.54. The fraction of sp³-hybridized carbons (Fsp3) is 0.966. The number of rotatable bonds is 7. The van der Waals surface area contributed by atoms with E-state index in [9.17, 15) is 9.90 Å². The van der Waals surface area contributed by atoms with Crippen molar-refractivity contribution in [2.75, 3.05) is 7.11 Å². The van der Waals surface area contributed by atoms with Gasteiger partial charge in [0.2, 0.25) is 5.91 Å². The highest BCUT2D eigenvalue weighted by Gasteiger charge is 2.60. The van der Waals surface area contributed by atoms with Gasteiger partial charge in [0.1, 0.15) is 0 Å². The molecule has 4 saturated carbocycles. The topological polar surface area (TPSA) is 58.6 Å². The van der Waals surface area contributed by atoms with Crippen LogP contribution in [0, 0.1) is 52.3 Å². The number of hydrogen-bond donors (Lipinski definition) is 2. The normalized spacial score (nSPS) is 43.8. The Hall–Kier alpha value is -0.610. The van der Waals surface area contributed by atoms with Crippen molar-refractivity contribution in [3.05, 3.63) is 0 Å². The number of carbonyl (C=O) groups excluding carboxylic acids is 1. The second-order valence-corrected chi connectivity index (χ2v) is 13.8. The number of amides is 1. The lowest BCUT2D eigenvalue weighted by atomic mass is 9.43. The van der Waals surface area contributed by atoms with Crippen molar-refractivity contribution < 1.29 is 14.7 Å². The summed E-state index contributed by atoms with van der Waals surface area (Å²) in [5, 5.41) is 10.4. The van der Waals surface area contributed by atoms with E-state index >= 15 is 0 Å². The Bertz CT molecular complexity index is 701.